The van der Waals surface area contributed by atoms with Crippen LogP contribution in [0.4, 0.5) is 0 Å². The molecule has 0 aliphatic heterocycles. The molecular weight excluding hydrogens is 186 g/mol. The highest BCUT2D eigenvalue weighted by molar-refractivity contribution is 7.96. The third kappa shape index (κ3) is 5.29. The van der Waals surface area contributed by atoms with Crippen LogP contribution in [0.3, 0.4) is 0 Å². The van der Waals surface area contributed by atoms with E-state index in [9.17, 15) is 9.90 Å². The van der Waals surface area contributed by atoms with Gasteiger partial charge < -0.3 is 9.90 Å². The summed E-state index contributed by atoms with van der Waals surface area (Å²) in [6.07, 6.45) is 3.05. The summed E-state index contributed by atoms with van der Waals surface area (Å²) in [5.41, 5.74) is -0.371. The Labute approximate surface area is 84.4 Å². The van der Waals surface area contributed by atoms with Gasteiger partial charge in [0.25, 0.3) is 0 Å². The van der Waals surface area contributed by atoms with E-state index >= 15 is 0 Å². The highest BCUT2D eigenvalue weighted by Crippen LogP contribution is 2.21. The summed E-state index contributed by atoms with van der Waals surface area (Å²) in [6.45, 7) is 5.48. The number of rotatable bonds is 6. The lowest BCUT2D eigenvalue weighted by molar-refractivity contribution is -0.115. The van der Waals surface area contributed by atoms with Crippen molar-refractivity contribution in [2.45, 2.75) is 39.3 Å². The molecule has 0 aliphatic rings. The molecule has 0 aromatic heterocycles. The Bertz CT molecular complexity index is 160. The van der Waals surface area contributed by atoms with Crippen molar-refractivity contribution in [3.05, 3.63) is 0 Å². The quantitative estimate of drug-likeness (QED) is 0.505. The fourth-order valence-electron chi connectivity index (χ4n) is 1.08. The zero-order valence-electron chi connectivity index (χ0n) is 8.70. The van der Waals surface area contributed by atoms with E-state index in [1.165, 1.54) is 11.9 Å². The van der Waals surface area contributed by atoms with Crippen molar-refractivity contribution >= 4 is 18.2 Å². The molecule has 2 N–H and O–H groups in total. The second-order valence-electron chi connectivity index (χ2n) is 3.98. The van der Waals surface area contributed by atoms with E-state index in [2.05, 4.69) is 4.72 Å². The summed E-state index contributed by atoms with van der Waals surface area (Å²) in [5, 5.41) is 9.41. The van der Waals surface area contributed by atoms with E-state index in [-0.39, 0.29) is 11.5 Å². The summed E-state index contributed by atoms with van der Waals surface area (Å²) >= 11 is 1.46. The van der Waals surface area contributed by atoms with Gasteiger partial charge in [-0.25, -0.2) is 0 Å². The lowest BCUT2D eigenvalue weighted by atomic mass is 9.86. The zero-order chi connectivity index (χ0) is 10.5. The number of hydrogen-bond donors (Lipinski definition) is 2. The highest BCUT2D eigenvalue weighted by Gasteiger charge is 2.25. The normalized spacial score (nSPS) is 16.7. The molecule has 0 spiro atoms. The number of carbonyl (C=O) groups is 1. The molecule has 0 radical (unpaired) electrons. The molecule has 2 atom stereocenters. The van der Waals surface area contributed by atoms with Gasteiger partial charge in [0.15, 0.2) is 0 Å². The first kappa shape index (κ1) is 12.9. The van der Waals surface area contributed by atoms with Gasteiger partial charge in [-0.2, -0.15) is 0 Å². The SMILES string of the molecule is CSNC(CC(C)(C)C=O)C(C)O. The van der Waals surface area contributed by atoms with Crippen LogP contribution in [-0.2, 0) is 4.79 Å². The van der Waals surface area contributed by atoms with Crippen LogP contribution in [0.15, 0.2) is 0 Å². The minimum Gasteiger partial charge on any atom is -0.392 e. The van der Waals surface area contributed by atoms with Gasteiger partial charge in [-0.05, 0) is 19.6 Å². The zero-order valence-corrected chi connectivity index (χ0v) is 9.52. The van der Waals surface area contributed by atoms with Crippen molar-refractivity contribution in [3.8, 4) is 0 Å². The maximum absolute atomic E-state index is 10.7. The molecule has 13 heavy (non-hydrogen) atoms. The summed E-state index contributed by atoms with van der Waals surface area (Å²) in [5.74, 6) is 0. The average Bonchev–Trinajstić information content (AvgIpc) is 2.03. The summed E-state index contributed by atoms with van der Waals surface area (Å²) in [6, 6.07) is -0.0322. The maximum atomic E-state index is 10.7. The van der Waals surface area contributed by atoms with Crippen molar-refractivity contribution in [2.24, 2.45) is 5.41 Å². The lowest BCUT2D eigenvalue weighted by Gasteiger charge is -2.26. The monoisotopic (exact) mass is 205 g/mol. The highest BCUT2D eigenvalue weighted by atomic mass is 32.2. The largest absolute Gasteiger partial charge is 0.392 e. The molecule has 0 fully saturated rings. The Hall–Kier alpha value is -0.0600. The molecule has 3 nitrogen and oxygen atoms in total. The van der Waals surface area contributed by atoms with Crippen LogP contribution in [0.25, 0.3) is 0 Å². The number of aliphatic hydroxyl groups excluding tert-OH is 1. The minimum absolute atomic E-state index is 0.0322. The minimum atomic E-state index is -0.438. The summed E-state index contributed by atoms with van der Waals surface area (Å²) in [4.78, 5) is 10.7. The molecule has 0 rings (SSSR count). The molecule has 4 heteroatoms. The van der Waals surface area contributed by atoms with Gasteiger partial charge in [0.05, 0.1) is 6.10 Å². The van der Waals surface area contributed by atoms with E-state index in [0.29, 0.717) is 6.42 Å². The van der Waals surface area contributed by atoms with E-state index in [1.54, 1.807) is 6.92 Å². The smallest absolute Gasteiger partial charge is 0.125 e. The molecule has 0 saturated carbocycles. The van der Waals surface area contributed by atoms with E-state index in [4.69, 9.17) is 0 Å². The first-order valence-corrected chi connectivity index (χ1v) is 5.58. The Balaban J connectivity index is 4.16. The van der Waals surface area contributed by atoms with Crippen LogP contribution in [0.1, 0.15) is 27.2 Å². The molecule has 0 saturated heterocycles. The lowest BCUT2D eigenvalue weighted by Crippen LogP contribution is -2.38. The third-order valence-corrected chi connectivity index (χ3v) is 2.46. The van der Waals surface area contributed by atoms with Crippen LogP contribution >= 0.6 is 11.9 Å². The first-order valence-electron chi connectivity index (χ1n) is 4.36. The van der Waals surface area contributed by atoms with Gasteiger partial charge in [-0.15, -0.1) is 0 Å². The van der Waals surface area contributed by atoms with Gasteiger partial charge in [0.2, 0.25) is 0 Å². The molecule has 0 aromatic carbocycles. The van der Waals surface area contributed by atoms with Crippen molar-refractivity contribution in [3.63, 3.8) is 0 Å². The van der Waals surface area contributed by atoms with Gasteiger partial charge in [-0.3, -0.25) is 4.72 Å². The van der Waals surface area contributed by atoms with Crippen LogP contribution in [-0.4, -0.2) is 29.8 Å². The molecule has 0 aliphatic carbocycles. The van der Waals surface area contributed by atoms with Crippen molar-refractivity contribution in [2.75, 3.05) is 6.26 Å². The second-order valence-corrected chi connectivity index (χ2v) is 4.62. The average molecular weight is 205 g/mol. The molecule has 0 aromatic rings. The number of carbonyl (C=O) groups excluding carboxylic acids is 1. The van der Waals surface area contributed by atoms with Gasteiger partial charge in [-0.1, -0.05) is 25.8 Å². The van der Waals surface area contributed by atoms with Crippen molar-refractivity contribution < 1.29 is 9.90 Å². The Kier molecular flexibility index (Phi) is 5.60. The summed E-state index contributed by atoms with van der Waals surface area (Å²) < 4.78 is 3.08. The molecule has 0 amide bonds. The van der Waals surface area contributed by atoms with E-state index < -0.39 is 6.10 Å². The van der Waals surface area contributed by atoms with Crippen LogP contribution in [0.2, 0.25) is 0 Å². The first-order chi connectivity index (χ1) is 5.93. The fourth-order valence-corrected chi connectivity index (χ4v) is 1.66. The maximum Gasteiger partial charge on any atom is 0.125 e. The molecule has 2 unspecified atom stereocenters. The topological polar surface area (TPSA) is 49.3 Å². The molecule has 0 bridgehead atoms. The standard InChI is InChI=1S/C9H19NO2S/c1-7(12)8(10-13-4)5-9(2,3)6-11/h6-8,10,12H,5H2,1-4H3. The van der Waals surface area contributed by atoms with E-state index in [0.717, 1.165) is 6.29 Å². The summed E-state index contributed by atoms with van der Waals surface area (Å²) in [7, 11) is 0. The Morgan fingerprint density at radius 1 is 1.62 bits per heavy atom. The molecule has 0 heterocycles. The predicted molar refractivity (Wildman–Crippen MR) is 56.6 cm³/mol. The fraction of sp³-hybridized carbons (Fsp3) is 0.889. The van der Waals surface area contributed by atoms with Gasteiger partial charge in [0, 0.05) is 11.5 Å². The second kappa shape index (κ2) is 5.62. The van der Waals surface area contributed by atoms with Crippen LogP contribution in [0.5, 0.6) is 0 Å². The van der Waals surface area contributed by atoms with E-state index in [1.807, 2.05) is 20.1 Å². The van der Waals surface area contributed by atoms with Crippen LogP contribution in [0, 0.1) is 5.41 Å². The van der Waals surface area contributed by atoms with Gasteiger partial charge in [0.1, 0.15) is 6.29 Å². The van der Waals surface area contributed by atoms with Crippen molar-refractivity contribution in [1.29, 1.82) is 0 Å². The van der Waals surface area contributed by atoms with Gasteiger partial charge >= 0.3 is 0 Å². The number of aldehydes is 1. The third-order valence-electron chi connectivity index (χ3n) is 1.92. The number of hydrogen-bond acceptors (Lipinski definition) is 4. The Morgan fingerprint density at radius 3 is 2.46 bits per heavy atom. The van der Waals surface area contributed by atoms with Crippen molar-refractivity contribution in [1.82, 2.24) is 4.72 Å². The molecule has 78 valence electrons. The number of aliphatic hydroxyl groups is 1. The predicted octanol–water partition coefficient (Wildman–Crippen LogP) is 1.22. The number of nitrogens with one attached hydrogen (secondary N) is 1. The van der Waals surface area contributed by atoms with Crippen LogP contribution < -0.4 is 4.72 Å². The molecular formula is C9H19NO2S. The Morgan fingerprint density at radius 2 is 2.15 bits per heavy atom.